The Balaban J connectivity index is -0.000000151. The van der Waals surface area contributed by atoms with Crippen molar-refractivity contribution in [2.24, 2.45) is 0 Å². The van der Waals surface area contributed by atoms with Gasteiger partial charge in [-0.25, -0.2) is 0 Å². The van der Waals surface area contributed by atoms with Gasteiger partial charge in [-0.05, 0) is 44.0 Å². The normalized spacial score (nSPS) is 7.44. The molecule has 0 atom stereocenters. The lowest BCUT2D eigenvalue weighted by atomic mass is 10.1. The number of methoxy groups -OCH3 is 2. The van der Waals surface area contributed by atoms with Gasteiger partial charge in [0.2, 0.25) is 0 Å². The summed E-state index contributed by atoms with van der Waals surface area (Å²) < 4.78 is 10.3. The third-order valence-corrected chi connectivity index (χ3v) is 2.85. The lowest BCUT2D eigenvalue weighted by Gasteiger charge is -2.09. The van der Waals surface area contributed by atoms with E-state index in [0.29, 0.717) is 0 Å². The summed E-state index contributed by atoms with van der Waals surface area (Å²) in [5.41, 5.74) is 3.52. The summed E-state index contributed by atoms with van der Waals surface area (Å²) in [4.78, 5) is 0. The Labute approximate surface area is 170 Å². The van der Waals surface area contributed by atoms with Gasteiger partial charge in [0, 0.05) is 0 Å². The Morgan fingerprint density at radius 1 is 0.519 bits per heavy atom. The van der Waals surface area contributed by atoms with Gasteiger partial charge in [-0.2, -0.15) is 0 Å². The monoisotopic (exact) mass is 378 g/mol. The fourth-order valence-corrected chi connectivity index (χ4v) is 1.74. The predicted octanol–water partition coefficient (Wildman–Crippen LogP) is 8.42. The molecule has 0 heterocycles. The molecule has 27 heavy (non-hydrogen) atoms. The Morgan fingerprint density at radius 3 is 1.00 bits per heavy atom. The number of hydrogen-bond acceptors (Lipinski definition) is 2. The third-order valence-electron chi connectivity index (χ3n) is 2.85. The molecule has 0 bridgehead atoms. The van der Waals surface area contributed by atoms with Crippen LogP contribution >= 0.6 is 0 Å². The second-order valence-electron chi connectivity index (χ2n) is 4.45. The van der Waals surface area contributed by atoms with E-state index in [2.05, 4.69) is 19.1 Å². The molecule has 158 valence electrons. The van der Waals surface area contributed by atoms with Crippen molar-refractivity contribution in [3.05, 3.63) is 59.2 Å². The van der Waals surface area contributed by atoms with Crippen LogP contribution in [0.25, 0.3) is 0 Å². The average molecular weight is 379 g/mol. The lowest BCUT2D eigenvalue weighted by Crippen LogP contribution is -1.92. The highest BCUT2D eigenvalue weighted by atomic mass is 16.5. The first kappa shape index (κ1) is 32.7. The van der Waals surface area contributed by atoms with E-state index < -0.39 is 0 Å². The van der Waals surface area contributed by atoms with Crippen LogP contribution in [-0.4, -0.2) is 14.2 Å². The van der Waals surface area contributed by atoms with E-state index in [1.165, 1.54) is 5.56 Å². The molecule has 0 aliphatic carbocycles. The number of ether oxygens (including phenoxy) is 2. The minimum atomic E-state index is 0.910. The minimum Gasteiger partial charge on any atom is -0.496 e. The van der Waals surface area contributed by atoms with Gasteiger partial charge in [-0.1, -0.05) is 91.3 Å². The van der Waals surface area contributed by atoms with Gasteiger partial charge in [0.15, 0.2) is 0 Å². The molecular formula is C25H46O2. The second-order valence-corrected chi connectivity index (χ2v) is 4.45. The Hall–Kier alpha value is -1.96. The molecule has 2 rings (SSSR count). The van der Waals surface area contributed by atoms with E-state index in [1.807, 2.05) is 99.6 Å². The van der Waals surface area contributed by atoms with Crippen LogP contribution in [0.15, 0.2) is 42.5 Å². The second kappa shape index (κ2) is 26.3. The summed E-state index contributed by atoms with van der Waals surface area (Å²) in [5, 5.41) is 0. The number of benzene rings is 2. The van der Waals surface area contributed by atoms with E-state index in [-0.39, 0.29) is 0 Å². The molecule has 2 aromatic carbocycles. The molecule has 0 aromatic heterocycles. The molecule has 0 N–H and O–H groups in total. The fraction of sp³-hybridized carbons (Fsp3) is 0.520. The molecule has 0 unspecified atom stereocenters. The fourth-order valence-electron chi connectivity index (χ4n) is 1.74. The van der Waals surface area contributed by atoms with Crippen LogP contribution in [-0.2, 0) is 0 Å². The van der Waals surface area contributed by atoms with Crippen molar-refractivity contribution in [3.63, 3.8) is 0 Å². The highest BCUT2D eigenvalue weighted by Crippen LogP contribution is 2.26. The van der Waals surface area contributed by atoms with Gasteiger partial charge in [-0.15, -0.1) is 0 Å². The topological polar surface area (TPSA) is 18.5 Å². The molecule has 0 amide bonds. The third kappa shape index (κ3) is 17.2. The average Bonchev–Trinajstić information content (AvgIpc) is 2.76. The van der Waals surface area contributed by atoms with Crippen LogP contribution in [0.4, 0.5) is 0 Å². The van der Waals surface area contributed by atoms with Gasteiger partial charge in [0.05, 0.1) is 14.2 Å². The number of rotatable bonds is 2. The number of hydrogen-bond donors (Lipinski definition) is 0. The quantitative estimate of drug-likeness (QED) is 0.522. The number of aryl methyl sites for hydroxylation is 3. The standard InChI is InChI=1S/C10H14O2.C7H8.4C2H6/c1-7-5-10(12-4)8(2)6-9(7)11-3;1-7-5-3-2-4-6-7;4*1-2/h5-6H,1-4H3;2-6H,1H3;4*1-2H3. The zero-order valence-corrected chi connectivity index (χ0v) is 20.4. The summed E-state index contributed by atoms with van der Waals surface area (Å²) >= 11 is 0. The molecule has 0 radical (unpaired) electrons. The highest BCUT2D eigenvalue weighted by Gasteiger charge is 2.03. The first-order valence-electron chi connectivity index (χ1n) is 10.3. The highest BCUT2D eigenvalue weighted by molar-refractivity contribution is 5.45. The van der Waals surface area contributed by atoms with Crippen molar-refractivity contribution in [1.82, 2.24) is 0 Å². The van der Waals surface area contributed by atoms with Crippen LogP contribution in [0.3, 0.4) is 0 Å². The summed E-state index contributed by atoms with van der Waals surface area (Å²) in [6, 6.07) is 14.2. The van der Waals surface area contributed by atoms with Crippen LogP contribution < -0.4 is 9.47 Å². The maximum Gasteiger partial charge on any atom is 0.122 e. The molecule has 0 fully saturated rings. The van der Waals surface area contributed by atoms with E-state index in [1.54, 1.807) is 14.2 Å². The SMILES string of the molecule is CC.CC.CC.CC.COc1cc(C)c(OC)cc1C.Cc1ccccc1. The van der Waals surface area contributed by atoms with Gasteiger partial charge in [0.1, 0.15) is 11.5 Å². The summed E-state index contributed by atoms with van der Waals surface area (Å²) in [7, 11) is 3.35. The van der Waals surface area contributed by atoms with Gasteiger partial charge < -0.3 is 9.47 Å². The first-order chi connectivity index (χ1) is 13.1. The summed E-state index contributed by atoms with van der Waals surface area (Å²) in [6.07, 6.45) is 0. The first-order valence-corrected chi connectivity index (χ1v) is 10.3. The predicted molar refractivity (Wildman–Crippen MR) is 126 cm³/mol. The molecule has 2 nitrogen and oxygen atoms in total. The maximum atomic E-state index is 5.17. The van der Waals surface area contributed by atoms with Gasteiger partial charge >= 0.3 is 0 Å². The van der Waals surface area contributed by atoms with Crippen LogP contribution in [0, 0.1) is 20.8 Å². The molecule has 2 aromatic rings. The molecule has 0 aliphatic rings. The molecule has 0 aliphatic heterocycles. The van der Waals surface area contributed by atoms with E-state index in [4.69, 9.17) is 9.47 Å². The molecular weight excluding hydrogens is 332 g/mol. The van der Waals surface area contributed by atoms with Crippen LogP contribution in [0.2, 0.25) is 0 Å². The summed E-state index contributed by atoms with van der Waals surface area (Å²) in [6.45, 7) is 22.1. The van der Waals surface area contributed by atoms with Crippen LogP contribution in [0.5, 0.6) is 11.5 Å². The van der Waals surface area contributed by atoms with E-state index in [0.717, 1.165) is 22.6 Å². The van der Waals surface area contributed by atoms with E-state index in [9.17, 15) is 0 Å². The lowest BCUT2D eigenvalue weighted by molar-refractivity contribution is 0.398. The van der Waals surface area contributed by atoms with Crippen molar-refractivity contribution in [1.29, 1.82) is 0 Å². The molecule has 0 spiro atoms. The van der Waals surface area contributed by atoms with Crippen molar-refractivity contribution >= 4 is 0 Å². The largest absolute Gasteiger partial charge is 0.496 e. The molecule has 2 heteroatoms. The molecule has 0 saturated carbocycles. The Kier molecular flexibility index (Phi) is 31.8. The Bertz CT molecular complexity index is 475. The summed E-state index contributed by atoms with van der Waals surface area (Å²) in [5.74, 6) is 1.82. The zero-order chi connectivity index (χ0) is 22.3. The minimum absolute atomic E-state index is 0.910. The Morgan fingerprint density at radius 2 is 0.815 bits per heavy atom. The smallest absolute Gasteiger partial charge is 0.122 e. The zero-order valence-electron chi connectivity index (χ0n) is 20.4. The van der Waals surface area contributed by atoms with Gasteiger partial charge in [-0.3, -0.25) is 0 Å². The van der Waals surface area contributed by atoms with Crippen molar-refractivity contribution in [3.8, 4) is 11.5 Å². The van der Waals surface area contributed by atoms with Gasteiger partial charge in [0.25, 0.3) is 0 Å². The van der Waals surface area contributed by atoms with E-state index >= 15 is 0 Å². The maximum absolute atomic E-state index is 5.17. The molecule has 0 saturated heterocycles. The van der Waals surface area contributed by atoms with Crippen LogP contribution in [0.1, 0.15) is 72.1 Å². The van der Waals surface area contributed by atoms with Crippen molar-refractivity contribution in [2.75, 3.05) is 14.2 Å². The van der Waals surface area contributed by atoms with Crippen molar-refractivity contribution < 1.29 is 9.47 Å². The van der Waals surface area contributed by atoms with Crippen molar-refractivity contribution in [2.45, 2.75) is 76.2 Å².